The molecule has 0 aromatic heterocycles. The lowest BCUT2D eigenvalue weighted by Crippen LogP contribution is -2.05. The molecule has 0 aliphatic rings. The molecule has 4 heteroatoms. The van der Waals surface area contributed by atoms with Crippen LogP contribution >= 0.6 is 0 Å². The first kappa shape index (κ1) is 9.98. The predicted molar refractivity (Wildman–Crippen MR) is 59.0 cm³/mol. The van der Waals surface area contributed by atoms with Crippen molar-refractivity contribution in [3.8, 4) is 0 Å². The van der Waals surface area contributed by atoms with Gasteiger partial charge in [-0.05, 0) is 11.6 Å². The van der Waals surface area contributed by atoms with Crippen LogP contribution in [0.4, 0.5) is 0 Å². The van der Waals surface area contributed by atoms with Gasteiger partial charge < -0.3 is 11.5 Å². The summed E-state index contributed by atoms with van der Waals surface area (Å²) in [5.41, 5.74) is 12.3. The standard InChI is InChI=1S/C10H12N4/c11-9(6-7-14-10(12)13)8-4-2-1-3-5-8/h1-7H,11H2,(H3,12,13). The lowest BCUT2D eigenvalue weighted by molar-refractivity contribution is 1.39. The number of benzene rings is 1. The van der Waals surface area contributed by atoms with Crippen molar-refractivity contribution < 1.29 is 0 Å². The second-order valence-corrected chi connectivity index (χ2v) is 2.65. The van der Waals surface area contributed by atoms with E-state index in [0.29, 0.717) is 5.70 Å². The highest BCUT2D eigenvalue weighted by molar-refractivity contribution is 5.91. The van der Waals surface area contributed by atoms with Crippen molar-refractivity contribution in [2.75, 3.05) is 0 Å². The fourth-order valence-corrected chi connectivity index (χ4v) is 0.925. The molecule has 0 radical (unpaired) electrons. The van der Waals surface area contributed by atoms with Gasteiger partial charge in [0.15, 0.2) is 0 Å². The number of guanidine groups is 1. The largest absolute Gasteiger partial charge is 0.398 e. The second kappa shape index (κ2) is 4.81. The fourth-order valence-electron chi connectivity index (χ4n) is 0.925. The Kier molecular flexibility index (Phi) is 3.43. The van der Waals surface area contributed by atoms with E-state index >= 15 is 0 Å². The van der Waals surface area contributed by atoms with E-state index in [-0.39, 0.29) is 5.96 Å². The lowest BCUT2D eigenvalue weighted by atomic mass is 10.1. The molecule has 1 aromatic carbocycles. The summed E-state index contributed by atoms with van der Waals surface area (Å²) < 4.78 is 0. The van der Waals surface area contributed by atoms with Gasteiger partial charge in [0.05, 0.1) is 0 Å². The fraction of sp³-hybridized carbons (Fsp3) is 0. The van der Waals surface area contributed by atoms with Crippen LogP contribution in [0.5, 0.6) is 0 Å². The van der Waals surface area contributed by atoms with Gasteiger partial charge in [0.1, 0.15) is 0 Å². The molecule has 0 saturated carbocycles. The minimum absolute atomic E-state index is 0.234. The molecule has 0 saturated heterocycles. The molecule has 0 bridgehead atoms. The average Bonchev–Trinajstić information content (AvgIpc) is 2.18. The zero-order chi connectivity index (χ0) is 10.4. The number of nitrogens with two attached hydrogens (primary N) is 2. The highest BCUT2D eigenvalue weighted by atomic mass is 15.0. The van der Waals surface area contributed by atoms with Gasteiger partial charge in [0.2, 0.25) is 5.96 Å². The monoisotopic (exact) mass is 188 g/mol. The van der Waals surface area contributed by atoms with Gasteiger partial charge in [0, 0.05) is 11.9 Å². The maximum Gasteiger partial charge on any atom is 0.212 e. The van der Waals surface area contributed by atoms with Crippen molar-refractivity contribution in [3.05, 3.63) is 42.0 Å². The van der Waals surface area contributed by atoms with Crippen molar-refractivity contribution >= 4 is 17.9 Å². The van der Waals surface area contributed by atoms with Crippen LogP contribution in [-0.4, -0.2) is 12.2 Å². The zero-order valence-corrected chi connectivity index (χ0v) is 7.64. The Morgan fingerprint density at radius 3 is 2.43 bits per heavy atom. The Bertz CT molecular complexity index is 365. The number of hydrogen-bond acceptors (Lipinski definition) is 2. The van der Waals surface area contributed by atoms with Crippen LogP contribution in [-0.2, 0) is 0 Å². The number of hydrogen-bond donors (Lipinski definition) is 3. The molecule has 0 heterocycles. The van der Waals surface area contributed by atoms with Crippen LogP contribution in [0.2, 0.25) is 0 Å². The minimum Gasteiger partial charge on any atom is -0.398 e. The van der Waals surface area contributed by atoms with Crippen LogP contribution < -0.4 is 11.5 Å². The number of nitrogens with one attached hydrogen (secondary N) is 1. The van der Waals surface area contributed by atoms with Gasteiger partial charge in [-0.15, -0.1) is 0 Å². The summed E-state index contributed by atoms with van der Waals surface area (Å²) in [7, 11) is 0. The summed E-state index contributed by atoms with van der Waals surface area (Å²) in [4.78, 5) is 3.57. The van der Waals surface area contributed by atoms with Crippen molar-refractivity contribution in [1.82, 2.24) is 0 Å². The van der Waals surface area contributed by atoms with Gasteiger partial charge in [-0.25, -0.2) is 4.99 Å². The Morgan fingerprint density at radius 1 is 1.21 bits per heavy atom. The quantitative estimate of drug-likeness (QED) is 0.476. The van der Waals surface area contributed by atoms with E-state index in [1.807, 2.05) is 30.3 Å². The SMILES string of the molecule is N=C(N)N=CC=C(N)c1ccccc1. The zero-order valence-electron chi connectivity index (χ0n) is 7.64. The third-order valence-corrected chi connectivity index (χ3v) is 1.57. The van der Waals surface area contributed by atoms with Gasteiger partial charge >= 0.3 is 0 Å². The van der Waals surface area contributed by atoms with E-state index in [1.165, 1.54) is 6.21 Å². The van der Waals surface area contributed by atoms with E-state index < -0.39 is 0 Å². The first-order valence-corrected chi connectivity index (χ1v) is 4.09. The molecule has 0 aliphatic carbocycles. The molecule has 0 unspecified atom stereocenters. The van der Waals surface area contributed by atoms with E-state index in [1.54, 1.807) is 6.08 Å². The summed E-state index contributed by atoms with van der Waals surface area (Å²) in [6.45, 7) is 0. The molecule has 0 amide bonds. The highest BCUT2D eigenvalue weighted by Gasteiger charge is 1.91. The molecule has 0 aliphatic heterocycles. The molecule has 14 heavy (non-hydrogen) atoms. The number of aliphatic imine (C=N–C) groups is 1. The molecular formula is C10H12N4. The molecular weight excluding hydrogens is 176 g/mol. The third-order valence-electron chi connectivity index (χ3n) is 1.57. The van der Waals surface area contributed by atoms with Gasteiger partial charge in [-0.2, -0.15) is 0 Å². The summed E-state index contributed by atoms with van der Waals surface area (Å²) in [6.07, 6.45) is 3.02. The van der Waals surface area contributed by atoms with Crippen LogP contribution in [0.1, 0.15) is 5.56 Å². The molecule has 1 aromatic rings. The van der Waals surface area contributed by atoms with E-state index in [0.717, 1.165) is 5.56 Å². The molecule has 0 atom stereocenters. The van der Waals surface area contributed by atoms with Crippen LogP contribution in [0.15, 0.2) is 41.4 Å². The lowest BCUT2D eigenvalue weighted by Gasteiger charge is -1.98. The normalized spacial score (nSPS) is 11.9. The van der Waals surface area contributed by atoms with Gasteiger partial charge in [-0.1, -0.05) is 30.3 Å². The Hall–Kier alpha value is -2.10. The van der Waals surface area contributed by atoms with Gasteiger partial charge in [-0.3, -0.25) is 5.41 Å². The second-order valence-electron chi connectivity index (χ2n) is 2.65. The first-order chi connectivity index (χ1) is 6.70. The summed E-state index contributed by atoms with van der Waals surface area (Å²) in [5.74, 6) is -0.234. The smallest absolute Gasteiger partial charge is 0.212 e. The van der Waals surface area contributed by atoms with Crippen molar-refractivity contribution in [2.24, 2.45) is 16.5 Å². The molecule has 1 rings (SSSR count). The number of allylic oxidation sites excluding steroid dienone is 1. The molecule has 0 spiro atoms. The molecule has 5 N–H and O–H groups in total. The number of rotatable bonds is 2. The van der Waals surface area contributed by atoms with E-state index in [2.05, 4.69) is 4.99 Å². The maximum atomic E-state index is 6.85. The number of nitrogens with zero attached hydrogens (tertiary/aromatic N) is 1. The first-order valence-electron chi connectivity index (χ1n) is 4.09. The summed E-state index contributed by atoms with van der Waals surface area (Å²) >= 11 is 0. The van der Waals surface area contributed by atoms with E-state index in [9.17, 15) is 0 Å². The van der Waals surface area contributed by atoms with Crippen molar-refractivity contribution in [1.29, 1.82) is 5.41 Å². The van der Waals surface area contributed by atoms with Crippen LogP contribution in [0.25, 0.3) is 5.70 Å². The Balaban J connectivity index is 2.75. The average molecular weight is 188 g/mol. The summed E-state index contributed by atoms with van der Waals surface area (Å²) in [5, 5.41) is 6.85. The third kappa shape index (κ3) is 3.10. The van der Waals surface area contributed by atoms with Crippen LogP contribution in [0.3, 0.4) is 0 Å². The highest BCUT2D eigenvalue weighted by Crippen LogP contribution is 2.06. The predicted octanol–water partition coefficient (Wildman–Crippen LogP) is 0.950. The molecule has 4 nitrogen and oxygen atoms in total. The molecule has 72 valence electrons. The maximum absolute atomic E-state index is 6.85. The Labute approximate surface area is 82.5 Å². The summed E-state index contributed by atoms with van der Waals surface area (Å²) in [6, 6.07) is 9.51. The minimum atomic E-state index is -0.234. The topological polar surface area (TPSA) is 88.2 Å². The molecule has 0 fully saturated rings. The Morgan fingerprint density at radius 2 is 1.86 bits per heavy atom. The van der Waals surface area contributed by atoms with Crippen molar-refractivity contribution in [3.63, 3.8) is 0 Å². The van der Waals surface area contributed by atoms with Gasteiger partial charge in [0.25, 0.3) is 0 Å². The van der Waals surface area contributed by atoms with Crippen molar-refractivity contribution in [2.45, 2.75) is 0 Å². The van der Waals surface area contributed by atoms with Crippen LogP contribution in [0, 0.1) is 5.41 Å². The van der Waals surface area contributed by atoms with E-state index in [4.69, 9.17) is 16.9 Å².